The van der Waals surface area contributed by atoms with E-state index in [9.17, 15) is 15.4 Å². The van der Waals surface area contributed by atoms with Crippen LogP contribution in [0.5, 0.6) is 0 Å². The van der Waals surface area contributed by atoms with E-state index in [1.165, 1.54) is 18.6 Å². The van der Waals surface area contributed by atoms with Crippen LogP contribution in [-0.4, -0.2) is 17.5 Å². The molecule has 0 saturated carbocycles. The van der Waals surface area contributed by atoms with E-state index in [0.717, 1.165) is 37.9 Å². The molecular weight excluding hydrogens is 254 g/mol. The minimum absolute atomic E-state index is 0.0191. The molecule has 0 radical (unpaired) electrons. The van der Waals surface area contributed by atoms with Crippen LogP contribution in [0.1, 0.15) is 44.6 Å². The average molecular weight is 273 g/mol. The average Bonchev–Trinajstić information content (AvgIpc) is 2.47. The molecule has 1 aliphatic rings. The first-order valence-corrected chi connectivity index (χ1v) is 7.12. The summed E-state index contributed by atoms with van der Waals surface area (Å²) in [4.78, 5) is 12.6. The second-order valence-electron chi connectivity index (χ2n) is 5.20. The van der Waals surface area contributed by atoms with Gasteiger partial charge in [0, 0.05) is 24.7 Å². The molecule has 0 aliphatic carbocycles. The van der Waals surface area contributed by atoms with E-state index in [4.69, 9.17) is 0 Å². The Labute approximate surface area is 119 Å². The Morgan fingerprint density at radius 1 is 1.50 bits per heavy atom. The van der Waals surface area contributed by atoms with Crippen LogP contribution in [0.2, 0.25) is 0 Å². The number of nitriles is 1. The van der Waals surface area contributed by atoms with Crippen molar-refractivity contribution in [3.05, 3.63) is 33.9 Å². The first-order chi connectivity index (χ1) is 9.67. The molecule has 1 atom stereocenters. The van der Waals surface area contributed by atoms with Gasteiger partial charge < -0.3 is 4.90 Å². The van der Waals surface area contributed by atoms with Gasteiger partial charge in [0.2, 0.25) is 0 Å². The Bertz CT molecular complexity index is 534. The molecule has 0 aromatic heterocycles. The van der Waals surface area contributed by atoms with Crippen molar-refractivity contribution >= 4 is 11.4 Å². The lowest BCUT2D eigenvalue weighted by atomic mass is 9.96. The van der Waals surface area contributed by atoms with Crippen molar-refractivity contribution in [3.8, 4) is 6.07 Å². The third-order valence-corrected chi connectivity index (χ3v) is 3.87. The van der Waals surface area contributed by atoms with E-state index >= 15 is 0 Å². The molecule has 5 heteroatoms. The quantitative estimate of drug-likeness (QED) is 0.620. The molecular formula is C15H19N3O2. The van der Waals surface area contributed by atoms with Crippen LogP contribution >= 0.6 is 0 Å². The van der Waals surface area contributed by atoms with Crippen LogP contribution in [0.15, 0.2) is 18.2 Å². The van der Waals surface area contributed by atoms with Gasteiger partial charge in [-0.15, -0.1) is 0 Å². The lowest BCUT2D eigenvalue weighted by Crippen LogP contribution is -2.39. The zero-order valence-corrected chi connectivity index (χ0v) is 11.7. The van der Waals surface area contributed by atoms with Crippen molar-refractivity contribution in [2.75, 3.05) is 11.4 Å². The number of rotatable bonds is 4. The predicted molar refractivity (Wildman–Crippen MR) is 77.7 cm³/mol. The fraction of sp³-hybridized carbons (Fsp3) is 0.533. The van der Waals surface area contributed by atoms with E-state index < -0.39 is 4.92 Å². The predicted octanol–water partition coefficient (Wildman–Crippen LogP) is 3.63. The number of benzene rings is 1. The van der Waals surface area contributed by atoms with E-state index in [1.54, 1.807) is 6.07 Å². The summed E-state index contributed by atoms with van der Waals surface area (Å²) in [6, 6.07) is 7.15. The monoisotopic (exact) mass is 273 g/mol. The maximum Gasteiger partial charge on any atom is 0.270 e. The van der Waals surface area contributed by atoms with Gasteiger partial charge in [0.25, 0.3) is 5.69 Å². The molecule has 0 bridgehead atoms. The molecule has 2 rings (SSSR count). The van der Waals surface area contributed by atoms with Gasteiger partial charge in [-0.2, -0.15) is 5.26 Å². The smallest absolute Gasteiger partial charge is 0.270 e. The summed E-state index contributed by atoms with van der Waals surface area (Å²) in [6.45, 7) is 3.09. The largest absolute Gasteiger partial charge is 0.367 e. The number of hydrogen-bond acceptors (Lipinski definition) is 4. The zero-order chi connectivity index (χ0) is 14.5. The van der Waals surface area contributed by atoms with Crippen molar-refractivity contribution in [3.63, 3.8) is 0 Å². The first kappa shape index (κ1) is 14.3. The minimum atomic E-state index is -0.454. The van der Waals surface area contributed by atoms with Gasteiger partial charge >= 0.3 is 0 Å². The highest BCUT2D eigenvalue weighted by atomic mass is 16.6. The summed E-state index contributed by atoms with van der Waals surface area (Å²) >= 11 is 0. The lowest BCUT2D eigenvalue weighted by molar-refractivity contribution is -0.384. The van der Waals surface area contributed by atoms with Gasteiger partial charge in [0.1, 0.15) is 6.07 Å². The summed E-state index contributed by atoms with van der Waals surface area (Å²) in [5, 5.41) is 20.1. The molecule has 1 aromatic carbocycles. The van der Waals surface area contributed by atoms with Crippen LogP contribution in [0, 0.1) is 21.4 Å². The normalized spacial score (nSPS) is 18.6. The van der Waals surface area contributed by atoms with E-state index in [-0.39, 0.29) is 5.69 Å². The topological polar surface area (TPSA) is 70.2 Å². The van der Waals surface area contributed by atoms with Crippen LogP contribution < -0.4 is 4.90 Å². The molecule has 0 N–H and O–H groups in total. The maximum atomic E-state index is 10.8. The maximum absolute atomic E-state index is 10.8. The van der Waals surface area contributed by atoms with Crippen molar-refractivity contribution < 1.29 is 4.92 Å². The summed E-state index contributed by atoms with van der Waals surface area (Å²) < 4.78 is 0. The molecule has 1 fully saturated rings. The number of non-ortho nitro benzene ring substituents is 1. The summed E-state index contributed by atoms with van der Waals surface area (Å²) in [5.41, 5.74) is 1.23. The molecule has 1 unspecified atom stereocenters. The third kappa shape index (κ3) is 2.90. The highest BCUT2D eigenvalue weighted by Crippen LogP contribution is 2.31. The van der Waals surface area contributed by atoms with Crippen molar-refractivity contribution in [1.29, 1.82) is 5.26 Å². The highest BCUT2D eigenvalue weighted by Gasteiger charge is 2.24. The first-order valence-electron chi connectivity index (χ1n) is 7.12. The van der Waals surface area contributed by atoms with Gasteiger partial charge in [-0.1, -0.05) is 13.3 Å². The fourth-order valence-electron chi connectivity index (χ4n) is 2.93. The van der Waals surface area contributed by atoms with Crippen molar-refractivity contribution in [2.24, 2.45) is 0 Å². The van der Waals surface area contributed by atoms with Gasteiger partial charge in [-0.3, -0.25) is 10.1 Å². The number of nitro groups is 1. The minimum Gasteiger partial charge on any atom is -0.367 e. The van der Waals surface area contributed by atoms with Gasteiger partial charge in [-0.25, -0.2) is 0 Å². The molecule has 1 saturated heterocycles. The summed E-state index contributed by atoms with van der Waals surface area (Å²) in [6.07, 6.45) is 5.67. The zero-order valence-electron chi connectivity index (χ0n) is 11.7. The summed E-state index contributed by atoms with van der Waals surface area (Å²) in [5.74, 6) is 0. The Morgan fingerprint density at radius 2 is 2.30 bits per heavy atom. The van der Waals surface area contributed by atoms with E-state index in [0.29, 0.717) is 11.6 Å². The molecule has 106 valence electrons. The second kappa shape index (κ2) is 6.38. The highest BCUT2D eigenvalue weighted by molar-refractivity contribution is 5.63. The van der Waals surface area contributed by atoms with Gasteiger partial charge in [0.15, 0.2) is 0 Å². The molecule has 0 amide bonds. The number of piperidine rings is 1. The molecule has 1 aromatic rings. The Kier molecular flexibility index (Phi) is 4.57. The molecule has 1 aliphatic heterocycles. The third-order valence-electron chi connectivity index (χ3n) is 3.87. The second-order valence-corrected chi connectivity index (χ2v) is 5.20. The van der Waals surface area contributed by atoms with E-state index in [2.05, 4.69) is 17.9 Å². The summed E-state index contributed by atoms with van der Waals surface area (Å²) in [7, 11) is 0. The SMILES string of the molecule is CCCC1CCCCN1c1ccc([N+](=O)[O-])cc1C#N. The molecule has 5 nitrogen and oxygen atoms in total. The number of hydrogen-bond donors (Lipinski definition) is 0. The Balaban J connectivity index is 2.35. The fourth-order valence-corrected chi connectivity index (χ4v) is 2.93. The Morgan fingerprint density at radius 3 is 2.95 bits per heavy atom. The molecule has 0 spiro atoms. The van der Waals surface area contributed by atoms with E-state index in [1.807, 2.05) is 0 Å². The Hall–Kier alpha value is -2.09. The standard InChI is InChI=1S/C15H19N3O2/c1-2-5-13-6-3-4-9-17(13)15-8-7-14(18(19)20)10-12(15)11-16/h7-8,10,13H,2-6,9H2,1H3. The van der Waals surface area contributed by atoms with Crippen LogP contribution in [0.4, 0.5) is 11.4 Å². The number of anilines is 1. The van der Waals surface area contributed by atoms with Crippen LogP contribution in [0.25, 0.3) is 0 Å². The number of nitro benzene ring substituents is 1. The molecule has 20 heavy (non-hydrogen) atoms. The van der Waals surface area contributed by atoms with Crippen molar-refractivity contribution in [1.82, 2.24) is 0 Å². The van der Waals surface area contributed by atoms with Crippen LogP contribution in [-0.2, 0) is 0 Å². The van der Waals surface area contributed by atoms with Gasteiger partial charge in [-0.05, 0) is 31.7 Å². The number of nitrogens with zero attached hydrogens (tertiary/aromatic N) is 3. The van der Waals surface area contributed by atoms with Gasteiger partial charge in [0.05, 0.1) is 16.2 Å². The lowest BCUT2D eigenvalue weighted by Gasteiger charge is -2.38. The molecule has 1 heterocycles. The van der Waals surface area contributed by atoms with Crippen molar-refractivity contribution in [2.45, 2.75) is 45.1 Å². The van der Waals surface area contributed by atoms with Crippen LogP contribution in [0.3, 0.4) is 0 Å².